The quantitative estimate of drug-likeness (QED) is 0.920. The summed E-state index contributed by atoms with van der Waals surface area (Å²) in [5.41, 5.74) is 0.728. The Hall–Kier alpha value is -1.55. The number of carbonyl (C=O) groups is 1. The van der Waals surface area contributed by atoms with Crippen molar-refractivity contribution in [2.24, 2.45) is 0 Å². The van der Waals surface area contributed by atoms with E-state index < -0.39 is 0 Å². The molecule has 0 radical (unpaired) electrons. The number of hydrogen-bond donors (Lipinski definition) is 1. The summed E-state index contributed by atoms with van der Waals surface area (Å²) in [5, 5.41) is 3.30. The van der Waals surface area contributed by atoms with Crippen LogP contribution in [0.1, 0.15) is 31.2 Å². The number of nitrogens with one attached hydrogen (secondary N) is 1. The Labute approximate surface area is 126 Å². The highest BCUT2D eigenvalue weighted by atomic mass is 16.5. The maximum Gasteiger partial charge on any atom is 0.233 e. The maximum atomic E-state index is 13.1. The summed E-state index contributed by atoms with van der Waals surface area (Å²) in [6, 6.07) is 8.38. The lowest BCUT2D eigenvalue weighted by molar-refractivity contribution is -0.135. The summed E-state index contributed by atoms with van der Waals surface area (Å²) in [5.74, 6) is 1.12. The number of carbonyl (C=O) groups excluding carboxylic acids is 1. The van der Waals surface area contributed by atoms with Crippen molar-refractivity contribution >= 4 is 5.91 Å². The van der Waals surface area contributed by atoms with Gasteiger partial charge in [-0.2, -0.15) is 0 Å². The molecule has 0 bridgehead atoms. The van der Waals surface area contributed by atoms with Gasteiger partial charge in [-0.25, -0.2) is 0 Å². The van der Waals surface area contributed by atoms with Gasteiger partial charge in [0.25, 0.3) is 0 Å². The first-order valence-corrected chi connectivity index (χ1v) is 7.81. The SMILES string of the molecule is CNC1CCCN(C(=O)C2(c3ccccc3OC)CC2)C1. The van der Waals surface area contributed by atoms with Gasteiger partial charge in [0.15, 0.2) is 0 Å². The van der Waals surface area contributed by atoms with Crippen LogP contribution in [-0.4, -0.2) is 44.1 Å². The zero-order chi connectivity index (χ0) is 14.9. The Morgan fingerprint density at radius 3 is 2.81 bits per heavy atom. The fraction of sp³-hybridized carbons (Fsp3) is 0.588. The number of piperidine rings is 1. The molecule has 0 spiro atoms. The van der Waals surface area contributed by atoms with Gasteiger partial charge in [-0.1, -0.05) is 18.2 Å². The molecule has 4 heteroatoms. The van der Waals surface area contributed by atoms with Crippen LogP contribution < -0.4 is 10.1 Å². The van der Waals surface area contributed by atoms with Gasteiger partial charge < -0.3 is 15.0 Å². The van der Waals surface area contributed by atoms with Crippen molar-refractivity contribution in [3.8, 4) is 5.75 Å². The van der Waals surface area contributed by atoms with Gasteiger partial charge in [0.1, 0.15) is 5.75 Å². The first-order chi connectivity index (χ1) is 10.2. The predicted octanol–water partition coefficient (Wildman–Crippen LogP) is 1.94. The number of amides is 1. The van der Waals surface area contributed by atoms with E-state index in [1.165, 1.54) is 0 Å². The summed E-state index contributed by atoms with van der Waals surface area (Å²) in [7, 11) is 3.66. The van der Waals surface area contributed by atoms with E-state index in [1.807, 2.05) is 36.2 Å². The smallest absolute Gasteiger partial charge is 0.233 e. The van der Waals surface area contributed by atoms with Crippen molar-refractivity contribution in [3.05, 3.63) is 29.8 Å². The zero-order valence-corrected chi connectivity index (χ0v) is 12.9. The molecular weight excluding hydrogens is 264 g/mol. The van der Waals surface area contributed by atoms with Gasteiger partial charge in [0.2, 0.25) is 5.91 Å². The Morgan fingerprint density at radius 2 is 2.14 bits per heavy atom. The summed E-state index contributed by atoms with van der Waals surface area (Å²) in [6.45, 7) is 1.71. The van der Waals surface area contributed by atoms with Crippen molar-refractivity contribution in [1.29, 1.82) is 0 Å². The molecule has 3 rings (SSSR count). The van der Waals surface area contributed by atoms with Crippen LogP contribution >= 0.6 is 0 Å². The molecule has 1 unspecified atom stereocenters. The van der Waals surface area contributed by atoms with E-state index in [-0.39, 0.29) is 11.3 Å². The third-order valence-electron chi connectivity index (χ3n) is 4.90. The Kier molecular flexibility index (Phi) is 3.89. The molecular formula is C17H24N2O2. The van der Waals surface area contributed by atoms with E-state index in [4.69, 9.17) is 4.74 Å². The van der Waals surface area contributed by atoms with E-state index in [2.05, 4.69) is 5.32 Å². The number of nitrogens with zero attached hydrogens (tertiary/aromatic N) is 1. The van der Waals surface area contributed by atoms with Crippen LogP contribution in [0, 0.1) is 0 Å². The molecule has 1 aliphatic heterocycles. The van der Waals surface area contributed by atoms with Crippen molar-refractivity contribution < 1.29 is 9.53 Å². The molecule has 1 saturated heterocycles. The van der Waals surface area contributed by atoms with Crippen LogP contribution in [0.15, 0.2) is 24.3 Å². The average molecular weight is 288 g/mol. The van der Waals surface area contributed by atoms with E-state index >= 15 is 0 Å². The van der Waals surface area contributed by atoms with Crippen LogP contribution in [0.25, 0.3) is 0 Å². The molecule has 1 heterocycles. The number of hydrogen-bond acceptors (Lipinski definition) is 3. The second kappa shape index (κ2) is 5.68. The summed E-state index contributed by atoms with van der Waals surface area (Å²) in [4.78, 5) is 15.1. The van der Waals surface area contributed by atoms with Crippen LogP contribution in [-0.2, 0) is 10.2 Å². The molecule has 21 heavy (non-hydrogen) atoms. The molecule has 1 saturated carbocycles. The number of likely N-dealkylation sites (N-methyl/N-ethyl adjacent to an activating group) is 1. The largest absolute Gasteiger partial charge is 0.496 e. The molecule has 1 N–H and O–H groups in total. The third kappa shape index (κ3) is 2.53. The van der Waals surface area contributed by atoms with Crippen molar-refractivity contribution in [2.45, 2.75) is 37.1 Å². The lowest BCUT2D eigenvalue weighted by atomic mass is 9.92. The van der Waals surface area contributed by atoms with Crippen LogP contribution in [0.4, 0.5) is 0 Å². The number of methoxy groups -OCH3 is 1. The summed E-state index contributed by atoms with van der Waals surface area (Å²) < 4.78 is 5.47. The highest BCUT2D eigenvalue weighted by molar-refractivity contribution is 5.92. The lowest BCUT2D eigenvalue weighted by Crippen LogP contribution is -2.50. The van der Waals surface area contributed by atoms with Gasteiger partial charge in [0, 0.05) is 24.7 Å². The van der Waals surface area contributed by atoms with Crippen LogP contribution in [0.5, 0.6) is 5.75 Å². The van der Waals surface area contributed by atoms with Crippen LogP contribution in [0.2, 0.25) is 0 Å². The van der Waals surface area contributed by atoms with E-state index in [9.17, 15) is 4.79 Å². The Morgan fingerprint density at radius 1 is 1.38 bits per heavy atom. The van der Waals surface area contributed by atoms with E-state index in [0.29, 0.717) is 6.04 Å². The standard InChI is InChI=1S/C17H24N2O2/c1-18-13-6-5-11-19(12-13)16(20)17(9-10-17)14-7-3-4-8-15(14)21-2/h3-4,7-8,13,18H,5-6,9-12H2,1-2H3. The van der Waals surface area contributed by atoms with Crippen molar-refractivity contribution in [3.63, 3.8) is 0 Å². The zero-order valence-electron chi connectivity index (χ0n) is 12.9. The maximum absolute atomic E-state index is 13.1. The van der Waals surface area contributed by atoms with Gasteiger partial charge >= 0.3 is 0 Å². The second-order valence-electron chi connectivity index (χ2n) is 6.16. The normalized spacial score (nSPS) is 23.7. The van der Waals surface area contributed by atoms with Crippen molar-refractivity contribution in [2.75, 3.05) is 27.2 Å². The fourth-order valence-corrected chi connectivity index (χ4v) is 3.46. The average Bonchev–Trinajstić information content (AvgIpc) is 3.36. The highest BCUT2D eigenvalue weighted by Gasteiger charge is 2.54. The van der Waals surface area contributed by atoms with Gasteiger partial charge in [-0.15, -0.1) is 0 Å². The molecule has 4 nitrogen and oxygen atoms in total. The minimum Gasteiger partial charge on any atom is -0.496 e. The molecule has 0 aromatic heterocycles. The molecule has 2 fully saturated rings. The molecule has 1 aromatic rings. The minimum atomic E-state index is -0.331. The van der Waals surface area contributed by atoms with E-state index in [0.717, 1.165) is 50.1 Å². The lowest BCUT2D eigenvalue weighted by Gasteiger charge is -2.35. The molecule has 1 amide bonds. The van der Waals surface area contributed by atoms with Gasteiger partial charge in [-0.3, -0.25) is 4.79 Å². The highest BCUT2D eigenvalue weighted by Crippen LogP contribution is 2.52. The Balaban J connectivity index is 1.83. The first kappa shape index (κ1) is 14.4. The minimum absolute atomic E-state index is 0.284. The number of para-hydroxylation sites is 1. The number of benzene rings is 1. The van der Waals surface area contributed by atoms with Gasteiger partial charge in [-0.05, 0) is 38.8 Å². The third-order valence-corrected chi connectivity index (χ3v) is 4.90. The number of rotatable bonds is 4. The summed E-state index contributed by atoms with van der Waals surface area (Å²) in [6.07, 6.45) is 4.11. The van der Waals surface area contributed by atoms with Crippen molar-refractivity contribution in [1.82, 2.24) is 10.2 Å². The molecule has 1 aromatic carbocycles. The van der Waals surface area contributed by atoms with Crippen LogP contribution in [0.3, 0.4) is 0 Å². The molecule has 2 aliphatic rings. The number of ether oxygens (including phenoxy) is 1. The first-order valence-electron chi connectivity index (χ1n) is 7.81. The number of likely N-dealkylation sites (tertiary alicyclic amines) is 1. The molecule has 1 atom stereocenters. The fourth-order valence-electron chi connectivity index (χ4n) is 3.46. The topological polar surface area (TPSA) is 41.6 Å². The Bertz CT molecular complexity index is 525. The molecule has 114 valence electrons. The molecule has 1 aliphatic carbocycles. The summed E-state index contributed by atoms with van der Waals surface area (Å²) >= 11 is 0. The predicted molar refractivity (Wildman–Crippen MR) is 82.6 cm³/mol. The second-order valence-corrected chi connectivity index (χ2v) is 6.16. The monoisotopic (exact) mass is 288 g/mol. The van der Waals surface area contributed by atoms with E-state index in [1.54, 1.807) is 7.11 Å². The van der Waals surface area contributed by atoms with Gasteiger partial charge in [0.05, 0.1) is 12.5 Å².